The zero-order valence-corrected chi connectivity index (χ0v) is 18.4. The van der Waals surface area contributed by atoms with Crippen LogP contribution in [0.3, 0.4) is 0 Å². The average molecular weight is 438 g/mol. The van der Waals surface area contributed by atoms with Crippen LogP contribution in [0, 0.1) is 11.3 Å². The summed E-state index contributed by atoms with van der Waals surface area (Å²) in [7, 11) is 0. The molecule has 1 amide bonds. The first-order valence-electron chi connectivity index (χ1n) is 11.2. The number of nitriles is 1. The topological polar surface area (TPSA) is 89.3 Å². The molecule has 2 unspecified atom stereocenters. The number of rotatable bonds is 8. The van der Waals surface area contributed by atoms with E-state index >= 15 is 0 Å². The number of nitrogens with zero attached hydrogens (tertiary/aromatic N) is 2. The van der Waals surface area contributed by atoms with Gasteiger partial charge in [-0.05, 0) is 47.8 Å². The molecule has 2 aromatic carbocycles. The summed E-state index contributed by atoms with van der Waals surface area (Å²) in [6.45, 7) is 1.39. The number of hydrazone groups is 1. The molecule has 3 N–H and O–H groups in total. The van der Waals surface area contributed by atoms with Gasteiger partial charge in [0.2, 0.25) is 5.91 Å². The second kappa shape index (κ2) is 11.1. The molecule has 2 atom stereocenters. The average Bonchev–Trinajstić information content (AvgIpc) is 2.88. The predicted octanol–water partition coefficient (Wildman–Crippen LogP) is 3.32. The number of benzene rings is 2. The maximum absolute atomic E-state index is 13.2. The quantitative estimate of drug-likeness (QED) is 0.591. The fourth-order valence-electron chi connectivity index (χ4n) is 3.85. The van der Waals surface area contributed by atoms with Crippen LogP contribution in [0.1, 0.15) is 29.2 Å². The van der Waals surface area contributed by atoms with Gasteiger partial charge in [-0.15, -0.1) is 0 Å². The molecule has 0 radical (unpaired) electrons. The maximum atomic E-state index is 13.2. The van der Waals surface area contributed by atoms with Crippen LogP contribution in [0.25, 0.3) is 0 Å². The zero-order valence-electron chi connectivity index (χ0n) is 18.4. The first-order valence-corrected chi connectivity index (χ1v) is 11.2. The molecule has 1 heterocycles. The van der Waals surface area contributed by atoms with E-state index in [1.165, 1.54) is 0 Å². The van der Waals surface area contributed by atoms with E-state index in [1.54, 1.807) is 0 Å². The van der Waals surface area contributed by atoms with Crippen LogP contribution < -0.4 is 16.1 Å². The Kier molecular flexibility index (Phi) is 7.47. The van der Waals surface area contributed by atoms with Gasteiger partial charge < -0.3 is 16.1 Å². The number of amides is 1. The Morgan fingerprint density at radius 2 is 1.97 bits per heavy atom. The van der Waals surface area contributed by atoms with Gasteiger partial charge in [-0.3, -0.25) is 4.79 Å². The SMILES string of the molecule is N#Cc1ccc(CCNC(C(=O)NC2C=CC(C3=NNCC=C3)=CC2)c2ccccc2)cc1. The molecular weight excluding hydrogens is 410 g/mol. The fraction of sp³-hybridized carbons (Fsp3) is 0.222. The van der Waals surface area contributed by atoms with Gasteiger partial charge >= 0.3 is 0 Å². The van der Waals surface area contributed by atoms with Crippen LogP contribution in [0.15, 0.2) is 95.7 Å². The third kappa shape index (κ3) is 6.06. The molecule has 2 aliphatic rings. The largest absolute Gasteiger partial charge is 0.348 e. The van der Waals surface area contributed by atoms with E-state index in [9.17, 15) is 4.79 Å². The first-order chi connectivity index (χ1) is 16.2. The van der Waals surface area contributed by atoms with Crippen molar-refractivity contribution in [2.75, 3.05) is 13.1 Å². The highest BCUT2D eigenvalue weighted by atomic mass is 16.2. The van der Waals surface area contributed by atoms with Crippen molar-refractivity contribution in [1.82, 2.24) is 16.1 Å². The van der Waals surface area contributed by atoms with Crippen molar-refractivity contribution >= 4 is 11.6 Å². The summed E-state index contributed by atoms with van der Waals surface area (Å²) in [6.07, 6.45) is 11.7. The Morgan fingerprint density at radius 1 is 1.15 bits per heavy atom. The van der Waals surface area contributed by atoms with E-state index in [2.05, 4.69) is 33.3 Å². The highest BCUT2D eigenvalue weighted by molar-refractivity contribution is 6.10. The summed E-state index contributed by atoms with van der Waals surface area (Å²) < 4.78 is 0. The second-order valence-electron chi connectivity index (χ2n) is 7.99. The van der Waals surface area contributed by atoms with E-state index in [-0.39, 0.29) is 11.9 Å². The van der Waals surface area contributed by atoms with Crippen LogP contribution in [-0.4, -0.2) is 30.8 Å². The molecule has 0 spiro atoms. The molecule has 0 fully saturated rings. The summed E-state index contributed by atoms with van der Waals surface area (Å²) in [4.78, 5) is 13.2. The molecule has 1 aliphatic heterocycles. The van der Waals surface area contributed by atoms with Crippen molar-refractivity contribution in [3.05, 3.63) is 107 Å². The first kappa shape index (κ1) is 22.3. The molecule has 2 aromatic rings. The molecule has 0 saturated carbocycles. The number of nitrogens with one attached hydrogen (secondary N) is 3. The van der Waals surface area contributed by atoms with Crippen molar-refractivity contribution in [3.63, 3.8) is 0 Å². The standard InChI is InChI=1S/C27H27N5O/c28-19-21-10-8-20(9-11-21)16-18-29-26(23-5-2-1-3-6-23)27(33)31-24-14-12-22(13-15-24)25-7-4-17-30-32-25/h1-14,24,26,29-30H,15-18H2,(H,31,33). The van der Waals surface area contributed by atoms with Gasteiger partial charge in [-0.25, -0.2) is 0 Å². The van der Waals surface area contributed by atoms with Crippen molar-refractivity contribution < 1.29 is 4.79 Å². The molecule has 0 saturated heterocycles. The third-order valence-electron chi connectivity index (χ3n) is 5.65. The van der Waals surface area contributed by atoms with Gasteiger partial charge in [0.15, 0.2) is 0 Å². The zero-order chi connectivity index (χ0) is 22.9. The molecule has 166 valence electrons. The van der Waals surface area contributed by atoms with Crippen molar-refractivity contribution in [2.45, 2.75) is 24.9 Å². The van der Waals surface area contributed by atoms with E-state index in [0.717, 1.165) is 41.8 Å². The highest BCUT2D eigenvalue weighted by Crippen LogP contribution is 2.17. The highest BCUT2D eigenvalue weighted by Gasteiger charge is 2.22. The van der Waals surface area contributed by atoms with E-state index in [0.29, 0.717) is 12.1 Å². The van der Waals surface area contributed by atoms with E-state index in [4.69, 9.17) is 5.26 Å². The van der Waals surface area contributed by atoms with Gasteiger partial charge in [0.25, 0.3) is 0 Å². The smallest absolute Gasteiger partial charge is 0.242 e. The molecule has 4 rings (SSSR count). The minimum atomic E-state index is -0.446. The summed E-state index contributed by atoms with van der Waals surface area (Å²) >= 11 is 0. The van der Waals surface area contributed by atoms with E-state index in [1.807, 2.05) is 78.9 Å². The number of carbonyl (C=O) groups is 1. The Labute approximate surface area is 194 Å². The number of carbonyl (C=O) groups excluding carboxylic acids is 1. The fourth-order valence-corrected chi connectivity index (χ4v) is 3.85. The Hall–Kier alpha value is -3.95. The molecule has 0 aromatic heterocycles. The normalized spacial score (nSPS) is 17.8. The Balaban J connectivity index is 1.36. The van der Waals surface area contributed by atoms with Crippen molar-refractivity contribution in [2.24, 2.45) is 5.10 Å². The molecule has 1 aliphatic carbocycles. The van der Waals surface area contributed by atoms with Gasteiger partial charge in [0, 0.05) is 6.54 Å². The number of allylic oxidation sites excluding steroid dienone is 3. The second-order valence-corrected chi connectivity index (χ2v) is 7.99. The molecule has 6 heteroatoms. The lowest BCUT2D eigenvalue weighted by Gasteiger charge is -2.23. The lowest BCUT2D eigenvalue weighted by Crippen LogP contribution is -2.43. The minimum absolute atomic E-state index is 0.0518. The molecular formula is C27H27N5O. The van der Waals surface area contributed by atoms with Gasteiger partial charge in [0.05, 0.1) is 29.9 Å². The molecule has 33 heavy (non-hydrogen) atoms. The van der Waals surface area contributed by atoms with Crippen molar-refractivity contribution in [1.29, 1.82) is 5.26 Å². The lowest BCUT2D eigenvalue weighted by molar-refractivity contribution is -0.123. The van der Waals surface area contributed by atoms with Crippen LogP contribution in [0.5, 0.6) is 0 Å². The number of hydrogen-bond acceptors (Lipinski definition) is 5. The number of hydrogen-bond donors (Lipinski definition) is 3. The summed E-state index contributed by atoms with van der Waals surface area (Å²) in [6, 6.07) is 18.9. The van der Waals surface area contributed by atoms with Crippen LogP contribution in [0.4, 0.5) is 0 Å². The summed E-state index contributed by atoms with van der Waals surface area (Å²) in [5, 5.41) is 19.8. The molecule has 6 nitrogen and oxygen atoms in total. The Morgan fingerprint density at radius 3 is 2.64 bits per heavy atom. The Bertz CT molecular complexity index is 1120. The lowest BCUT2D eigenvalue weighted by atomic mass is 9.98. The summed E-state index contributed by atoms with van der Waals surface area (Å²) in [5.41, 5.74) is 7.65. The van der Waals surface area contributed by atoms with Crippen LogP contribution >= 0.6 is 0 Å². The van der Waals surface area contributed by atoms with Crippen LogP contribution in [0.2, 0.25) is 0 Å². The molecule has 0 bridgehead atoms. The van der Waals surface area contributed by atoms with E-state index < -0.39 is 6.04 Å². The monoisotopic (exact) mass is 437 g/mol. The van der Waals surface area contributed by atoms with Crippen molar-refractivity contribution in [3.8, 4) is 6.07 Å². The maximum Gasteiger partial charge on any atom is 0.242 e. The van der Waals surface area contributed by atoms with Gasteiger partial charge in [-0.2, -0.15) is 10.4 Å². The predicted molar refractivity (Wildman–Crippen MR) is 130 cm³/mol. The van der Waals surface area contributed by atoms with Gasteiger partial charge in [0.1, 0.15) is 6.04 Å². The minimum Gasteiger partial charge on any atom is -0.348 e. The van der Waals surface area contributed by atoms with Gasteiger partial charge in [-0.1, -0.05) is 66.8 Å². The summed E-state index contributed by atoms with van der Waals surface area (Å²) in [5.74, 6) is -0.0518. The van der Waals surface area contributed by atoms with Crippen LogP contribution in [-0.2, 0) is 11.2 Å². The third-order valence-corrected chi connectivity index (χ3v) is 5.65.